The van der Waals surface area contributed by atoms with Crippen LogP contribution in [-0.2, 0) is 26.4 Å². The van der Waals surface area contributed by atoms with Crippen LogP contribution in [0.5, 0.6) is 69.0 Å². The van der Waals surface area contributed by atoms with Crippen molar-refractivity contribution in [2.24, 2.45) is 0 Å². The van der Waals surface area contributed by atoms with Gasteiger partial charge in [-0.15, -0.1) is 51.4 Å². The molecule has 0 unspecified atom stereocenters. The molecule has 0 spiro atoms. The molecule has 0 saturated heterocycles. The number of terminal acetylenes is 8. The SMILES string of the molecule is C#CCOc1cc(COc2ccc(-c3c4nc(c(-c5ccc(OCc6cc(OCC#C)cc(OCC#C)c6)cc5)c5ccc([nH]5)c(-c5ccc(OCc6cc(OCC#C)cc(OCC#C)c6)cc5)c5nc(c(-c6ccc(OCc7cc(OCC#C)cc(OCC#C)c7)cc6)c6ccc3[nH]6)C=C5)C=C4)cc2)cc(OCC#C)c1. The highest BCUT2D eigenvalue weighted by atomic mass is 16.5. The zero-order chi connectivity index (χ0) is 77.4. The van der Waals surface area contributed by atoms with Gasteiger partial charge in [0, 0.05) is 68.6 Å². The zero-order valence-electron chi connectivity index (χ0n) is 60.7. The van der Waals surface area contributed by atoms with Crippen LogP contribution in [0.4, 0.5) is 0 Å². The van der Waals surface area contributed by atoms with E-state index < -0.39 is 0 Å². The summed E-state index contributed by atoms with van der Waals surface area (Å²) in [5, 5.41) is 0. The Bertz CT molecular complexity index is 5030. The Labute approximate surface area is 650 Å². The van der Waals surface area contributed by atoms with Gasteiger partial charge in [-0.05, 0) is 190 Å². The fraction of sp³-hybridized carbons (Fsp3) is 0.125. The summed E-state index contributed by atoms with van der Waals surface area (Å²) in [5.74, 6) is 26.7. The van der Waals surface area contributed by atoms with Crippen molar-refractivity contribution in [3.63, 3.8) is 0 Å². The van der Waals surface area contributed by atoms with Crippen molar-refractivity contribution in [1.29, 1.82) is 0 Å². The summed E-state index contributed by atoms with van der Waals surface area (Å²) >= 11 is 0. The summed E-state index contributed by atoms with van der Waals surface area (Å²) in [6, 6.07) is 61.5. The molecule has 16 heteroatoms. The molecule has 112 heavy (non-hydrogen) atoms. The lowest BCUT2D eigenvalue weighted by molar-refractivity contribution is 0.302. The van der Waals surface area contributed by atoms with E-state index in [9.17, 15) is 0 Å². The van der Waals surface area contributed by atoms with Gasteiger partial charge in [-0.2, -0.15) is 0 Å². The molecule has 0 radical (unpaired) electrons. The van der Waals surface area contributed by atoms with Gasteiger partial charge in [-0.25, -0.2) is 9.97 Å². The standard InChI is InChI=1S/C96H70N4O12/c1-9-41-101-77-49-65(50-78(57-77)102-42-10-2)61-109-73-25-17-69(18-26-73)93-85-33-35-87(97-85)94(70-19-27-74(28-20-70)110-62-66-51-79(103-43-11-3)58-80(52-66)104-44-12-4)89-37-39-91(99-89)96(72-23-31-76(32-24-72)112-64-68-55-83(107-47-15-7)60-84(56-68)108-48-16-8)92-40-38-90(100-92)95(88-36-34-86(93)98-88)71-21-29-75(30-22-71)111-63-67-53-81(105-45-13-5)59-82(54-67)106-46-14-6/h1-8,17-40,49-60,97,100H,41-48,61-64H2. The van der Waals surface area contributed by atoms with Crippen LogP contribution >= 0.6 is 0 Å². The minimum absolute atomic E-state index is 0.0710. The average molecular weight is 1470 g/mol. The summed E-state index contributed by atoms with van der Waals surface area (Å²) in [6.07, 6.45) is 52.5. The van der Waals surface area contributed by atoms with Crippen LogP contribution in [0.1, 0.15) is 45.0 Å². The first-order valence-electron chi connectivity index (χ1n) is 35.2. The van der Waals surface area contributed by atoms with Gasteiger partial charge in [0.1, 0.15) is 148 Å². The molecule has 0 saturated carbocycles. The number of nitrogens with one attached hydrogen (secondary N) is 2. The van der Waals surface area contributed by atoms with Gasteiger partial charge in [0.15, 0.2) is 0 Å². The van der Waals surface area contributed by atoms with Crippen LogP contribution in [0.3, 0.4) is 0 Å². The maximum absolute atomic E-state index is 6.45. The average Bonchev–Trinajstić information content (AvgIpc) is 1.61. The van der Waals surface area contributed by atoms with E-state index in [-0.39, 0.29) is 79.3 Å². The Balaban J connectivity index is 0.945. The first-order valence-corrected chi connectivity index (χ1v) is 35.2. The molecular formula is C96H70N4O12. The number of aromatic amines is 2. The van der Waals surface area contributed by atoms with E-state index in [0.717, 1.165) is 88.8 Å². The van der Waals surface area contributed by atoms with E-state index in [4.69, 9.17) is 118 Å². The predicted octanol–water partition coefficient (Wildman–Crippen LogP) is 17.7. The van der Waals surface area contributed by atoms with Crippen LogP contribution in [0, 0.1) is 98.8 Å². The number of benzene rings is 8. The van der Waals surface area contributed by atoms with Crippen LogP contribution in [-0.4, -0.2) is 72.8 Å². The normalized spacial score (nSPS) is 10.8. The van der Waals surface area contributed by atoms with Crippen molar-refractivity contribution in [1.82, 2.24) is 19.9 Å². The molecule has 8 aromatic carbocycles. The molecule has 11 aromatic rings. The first kappa shape index (κ1) is 74.7. The topological polar surface area (TPSA) is 168 Å². The lowest BCUT2D eigenvalue weighted by Gasteiger charge is -2.12. The molecule has 0 aliphatic carbocycles. The van der Waals surface area contributed by atoms with Crippen molar-refractivity contribution in [2.75, 3.05) is 52.9 Å². The first-order chi connectivity index (χ1) is 55.1. The molecule has 2 N–H and O–H groups in total. The Morgan fingerprint density at radius 3 is 0.562 bits per heavy atom. The number of hydrogen-bond donors (Lipinski definition) is 2. The third-order valence-electron chi connectivity index (χ3n) is 17.3. The maximum atomic E-state index is 6.45. The van der Waals surface area contributed by atoms with Gasteiger partial charge in [0.05, 0.1) is 22.8 Å². The van der Waals surface area contributed by atoms with E-state index >= 15 is 0 Å². The van der Waals surface area contributed by atoms with Gasteiger partial charge in [-0.3, -0.25) is 0 Å². The van der Waals surface area contributed by atoms with Crippen LogP contribution < -0.4 is 56.8 Å². The molecule has 0 amide bonds. The summed E-state index contributed by atoms with van der Waals surface area (Å²) in [5.41, 5.74) is 15.4. The van der Waals surface area contributed by atoms with E-state index in [2.05, 4.69) is 81.6 Å². The van der Waals surface area contributed by atoms with E-state index in [1.165, 1.54) is 0 Å². The second-order valence-electron chi connectivity index (χ2n) is 24.9. The Hall–Kier alpha value is -15.6. The second-order valence-corrected chi connectivity index (χ2v) is 24.9. The van der Waals surface area contributed by atoms with Crippen molar-refractivity contribution >= 4 is 46.4 Å². The van der Waals surface area contributed by atoms with E-state index in [1.54, 1.807) is 24.3 Å². The number of aromatic nitrogens is 4. The smallest absolute Gasteiger partial charge is 0.148 e. The van der Waals surface area contributed by atoms with Crippen molar-refractivity contribution < 1.29 is 56.8 Å². The number of ether oxygens (including phenoxy) is 12. The van der Waals surface area contributed by atoms with Gasteiger partial charge in [0.25, 0.3) is 0 Å². The van der Waals surface area contributed by atoms with Crippen LogP contribution in [0.25, 0.3) is 90.9 Å². The molecule has 8 bridgehead atoms. The van der Waals surface area contributed by atoms with Crippen LogP contribution in [0.2, 0.25) is 0 Å². The summed E-state index contributed by atoms with van der Waals surface area (Å²) in [6.45, 7) is 1.27. The molecule has 16 nitrogen and oxygen atoms in total. The van der Waals surface area contributed by atoms with Gasteiger partial charge >= 0.3 is 0 Å². The Morgan fingerprint density at radius 2 is 0.393 bits per heavy atom. The molecule has 0 atom stereocenters. The number of hydrogen-bond acceptors (Lipinski definition) is 14. The molecule has 5 heterocycles. The maximum Gasteiger partial charge on any atom is 0.148 e. The molecule has 3 aromatic heterocycles. The zero-order valence-corrected chi connectivity index (χ0v) is 60.7. The molecule has 546 valence electrons. The fourth-order valence-corrected chi connectivity index (χ4v) is 12.5. The number of nitrogens with zero attached hydrogens (tertiary/aromatic N) is 2. The van der Waals surface area contributed by atoms with Gasteiger partial charge in [0.2, 0.25) is 0 Å². The quantitative estimate of drug-likeness (QED) is 0.0382. The Morgan fingerprint density at radius 1 is 0.214 bits per heavy atom. The summed E-state index contributed by atoms with van der Waals surface area (Å²) in [4.78, 5) is 18.9. The van der Waals surface area contributed by atoms with Crippen LogP contribution in [0.15, 0.2) is 194 Å². The van der Waals surface area contributed by atoms with Gasteiger partial charge in [-0.1, -0.05) is 95.9 Å². The number of fused-ring (bicyclic) bond motifs is 8. The van der Waals surface area contributed by atoms with Crippen molar-refractivity contribution in [3.8, 4) is 212 Å². The fourth-order valence-electron chi connectivity index (χ4n) is 12.5. The third-order valence-corrected chi connectivity index (χ3v) is 17.3. The largest absolute Gasteiger partial charge is 0.489 e. The summed E-state index contributed by atoms with van der Waals surface area (Å²) < 4.78 is 72.1. The molecule has 13 rings (SSSR count). The molecular weight excluding hydrogens is 1400 g/mol. The highest BCUT2D eigenvalue weighted by molar-refractivity contribution is 6.00. The third kappa shape index (κ3) is 19.0. The van der Waals surface area contributed by atoms with Crippen molar-refractivity contribution in [3.05, 3.63) is 239 Å². The Kier molecular flexibility index (Phi) is 24.4. The minimum atomic E-state index is 0.0710. The van der Waals surface area contributed by atoms with Gasteiger partial charge < -0.3 is 66.8 Å². The van der Waals surface area contributed by atoms with E-state index in [0.29, 0.717) is 91.8 Å². The van der Waals surface area contributed by atoms with Crippen molar-refractivity contribution in [2.45, 2.75) is 26.4 Å². The van der Waals surface area contributed by atoms with E-state index in [1.807, 2.05) is 170 Å². The number of rotatable bonds is 32. The minimum Gasteiger partial charge on any atom is -0.489 e. The summed E-state index contributed by atoms with van der Waals surface area (Å²) in [7, 11) is 0. The lowest BCUT2D eigenvalue weighted by atomic mass is 10.0. The molecule has 2 aliphatic heterocycles. The molecule has 0 fully saturated rings. The monoisotopic (exact) mass is 1470 g/mol. The lowest BCUT2D eigenvalue weighted by Crippen LogP contribution is -2.01. The highest BCUT2D eigenvalue weighted by Crippen LogP contribution is 2.41. The predicted molar refractivity (Wildman–Crippen MR) is 438 cm³/mol. The highest BCUT2D eigenvalue weighted by Gasteiger charge is 2.21. The second kappa shape index (κ2) is 36.6. The molecule has 2 aliphatic rings. The number of H-pyrrole nitrogens is 2.